The molecule has 1 aliphatic rings. The molecule has 2 N–H and O–H groups in total. The number of ether oxygens (including phenoxy) is 1. The molecule has 1 aromatic rings. The summed E-state index contributed by atoms with van der Waals surface area (Å²) in [6.45, 7) is 5.94. The fourth-order valence-corrected chi connectivity index (χ4v) is 2.95. The SMILES string of the molecule is CC(C)N1CCC(CNC(=O)OCc2ccccc2)(C(=O)O)CC1. The monoisotopic (exact) mass is 334 g/mol. The van der Waals surface area contributed by atoms with Gasteiger partial charge in [-0.05, 0) is 45.3 Å². The van der Waals surface area contributed by atoms with Gasteiger partial charge >= 0.3 is 12.1 Å². The predicted molar refractivity (Wildman–Crippen MR) is 90.6 cm³/mol. The van der Waals surface area contributed by atoms with Crippen LogP contribution in [0.5, 0.6) is 0 Å². The Balaban J connectivity index is 1.83. The van der Waals surface area contributed by atoms with Gasteiger partial charge in [-0.3, -0.25) is 4.79 Å². The van der Waals surface area contributed by atoms with Crippen LogP contribution >= 0.6 is 0 Å². The van der Waals surface area contributed by atoms with Crippen LogP contribution in [0.25, 0.3) is 0 Å². The summed E-state index contributed by atoms with van der Waals surface area (Å²) in [6, 6.07) is 9.78. The third-order valence-corrected chi connectivity index (χ3v) is 4.72. The van der Waals surface area contributed by atoms with Gasteiger partial charge in [0, 0.05) is 12.6 Å². The van der Waals surface area contributed by atoms with Crippen LogP contribution in [0.15, 0.2) is 30.3 Å². The molecule has 0 saturated carbocycles. The number of aliphatic carboxylic acids is 1. The van der Waals surface area contributed by atoms with E-state index in [1.165, 1.54) is 0 Å². The Kier molecular flexibility index (Phi) is 6.20. The Labute approximate surface area is 142 Å². The van der Waals surface area contributed by atoms with E-state index in [9.17, 15) is 14.7 Å². The summed E-state index contributed by atoms with van der Waals surface area (Å²) in [5.41, 5.74) is -0.0113. The van der Waals surface area contributed by atoms with Crippen molar-refractivity contribution in [3.05, 3.63) is 35.9 Å². The van der Waals surface area contributed by atoms with E-state index in [1.54, 1.807) is 0 Å². The fraction of sp³-hybridized carbons (Fsp3) is 0.556. The highest BCUT2D eigenvalue weighted by Crippen LogP contribution is 2.32. The first-order chi connectivity index (χ1) is 11.4. The normalized spacial score (nSPS) is 17.5. The van der Waals surface area contributed by atoms with Crippen molar-refractivity contribution in [2.45, 2.75) is 39.3 Å². The molecule has 24 heavy (non-hydrogen) atoms. The first-order valence-corrected chi connectivity index (χ1v) is 8.35. The summed E-state index contributed by atoms with van der Waals surface area (Å²) in [7, 11) is 0. The minimum atomic E-state index is -0.906. The van der Waals surface area contributed by atoms with Gasteiger partial charge in [0.15, 0.2) is 0 Å². The van der Waals surface area contributed by atoms with Gasteiger partial charge < -0.3 is 20.1 Å². The maximum atomic E-state index is 11.9. The number of hydrogen-bond donors (Lipinski definition) is 2. The summed E-state index contributed by atoms with van der Waals surface area (Å²) >= 11 is 0. The molecule has 0 bridgehead atoms. The maximum absolute atomic E-state index is 11.9. The number of hydrogen-bond acceptors (Lipinski definition) is 4. The number of nitrogens with zero attached hydrogens (tertiary/aromatic N) is 1. The van der Waals surface area contributed by atoms with Crippen LogP contribution in [-0.4, -0.2) is 47.7 Å². The first kappa shape index (κ1) is 18.3. The van der Waals surface area contributed by atoms with Crippen LogP contribution in [0.1, 0.15) is 32.3 Å². The van der Waals surface area contributed by atoms with Crippen molar-refractivity contribution < 1.29 is 19.4 Å². The molecule has 0 aliphatic carbocycles. The van der Waals surface area contributed by atoms with Gasteiger partial charge in [0.2, 0.25) is 0 Å². The first-order valence-electron chi connectivity index (χ1n) is 8.35. The van der Waals surface area contributed by atoms with Crippen LogP contribution in [0.3, 0.4) is 0 Å². The van der Waals surface area contributed by atoms with E-state index in [1.807, 2.05) is 30.3 Å². The van der Waals surface area contributed by atoms with Gasteiger partial charge in [0.25, 0.3) is 0 Å². The number of carbonyl (C=O) groups is 2. The number of carboxylic acid groups (broad SMARTS) is 1. The Morgan fingerprint density at radius 2 is 1.88 bits per heavy atom. The number of carbonyl (C=O) groups excluding carboxylic acids is 1. The fourth-order valence-electron chi connectivity index (χ4n) is 2.95. The lowest BCUT2D eigenvalue weighted by Crippen LogP contribution is -2.51. The highest BCUT2D eigenvalue weighted by Gasteiger charge is 2.42. The molecule has 1 saturated heterocycles. The number of likely N-dealkylation sites (tertiary alicyclic amines) is 1. The molecule has 0 radical (unpaired) electrons. The van der Waals surface area contributed by atoms with Crippen molar-refractivity contribution in [1.29, 1.82) is 0 Å². The number of alkyl carbamates (subject to hydrolysis) is 1. The molecule has 2 rings (SSSR count). The van der Waals surface area contributed by atoms with E-state index in [4.69, 9.17) is 4.74 Å². The molecule has 0 spiro atoms. The zero-order valence-electron chi connectivity index (χ0n) is 14.3. The average Bonchev–Trinajstić information content (AvgIpc) is 2.59. The van der Waals surface area contributed by atoms with E-state index in [0.717, 1.165) is 18.7 Å². The van der Waals surface area contributed by atoms with Gasteiger partial charge in [-0.1, -0.05) is 30.3 Å². The molecule has 0 atom stereocenters. The number of benzene rings is 1. The molecule has 1 aliphatic heterocycles. The minimum Gasteiger partial charge on any atom is -0.481 e. The van der Waals surface area contributed by atoms with E-state index in [0.29, 0.717) is 18.9 Å². The highest BCUT2D eigenvalue weighted by atomic mass is 16.5. The summed E-state index contributed by atoms with van der Waals surface area (Å²) in [5, 5.41) is 12.3. The van der Waals surface area contributed by atoms with Crippen LogP contribution < -0.4 is 5.32 Å². The zero-order valence-corrected chi connectivity index (χ0v) is 14.3. The third kappa shape index (κ3) is 4.71. The van der Waals surface area contributed by atoms with Crippen LogP contribution in [0.4, 0.5) is 4.79 Å². The number of nitrogens with one attached hydrogen (secondary N) is 1. The van der Waals surface area contributed by atoms with Gasteiger partial charge in [0.05, 0.1) is 5.41 Å². The van der Waals surface area contributed by atoms with Crippen molar-refractivity contribution in [3.63, 3.8) is 0 Å². The molecule has 1 aromatic carbocycles. The highest BCUT2D eigenvalue weighted by molar-refractivity contribution is 5.76. The molecule has 6 nitrogen and oxygen atoms in total. The standard InChI is InChI=1S/C18H26N2O4/c1-14(2)20-10-8-18(9-11-20,16(21)22)13-19-17(23)24-12-15-6-4-3-5-7-15/h3-7,14H,8-13H2,1-2H3,(H,19,23)(H,21,22). The molecular formula is C18H26N2O4. The molecule has 6 heteroatoms. The van der Waals surface area contributed by atoms with E-state index >= 15 is 0 Å². The second kappa shape index (κ2) is 8.15. The minimum absolute atomic E-state index is 0.0991. The van der Waals surface area contributed by atoms with Gasteiger partial charge in [-0.15, -0.1) is 0 Å². The van der Waals surface area contributed by atoms with Gasteiger partial charge in [-0.2, -0.15) is 0 Å². The van der Waals surface area contributed by atoms with Crippen molar-refractivity contribution in [3.8, 4) is 0 Å². The van der Waals surface area contributed by atoms with E-state index < -0.39 is 17.5 Å². The molecule has 0 aromatic heterocycles. The Bertz CT molecular complexity index is 551. The third-order valence-electron chi connectivity index (χ3n) is 4.72. The summed E-state index contributed by atoms with van der Waals surface area (Å²) in [5.74, 6) is -0.853. The summed E-state index contributed by atoms with van der Waals surface area (Å²) in [6.07, 6.45) is 0.477. The Hall–Kier alpha value is -2.08. The molecular weight excluding hydrogens is 308 g/mol. The Morgan fingerprint density at radius 1 is 1.25 bits per heavy atom. The van der Waals surface area contributed by atoms with E-state index in [-0.39, 0.29) is 13.2 Å². The lowest BCUT2D eigenvalue weighted by atomic mass is 9.78. The number of rotatable bonds is 6. The summed E-state index contributed by atoms with van der Waals surface area (Å²) < 4.78 is 5.15. The van der Waals surface area contributed by atoms with Crippen molar-refractivity contribution in [1.82, 2.24) is 10.2 Å². The number of amides is 1. The second-order valence-electron chi connectivity index (χ2n) is 6.63. The number of carboxylic acids is 1. The largest absolute Gasteiger partial charge is 0.481 e. The number of piperidine rings is 1. The van der Waals surface area contributed by atoms with Crippen LogP contribution in [0.2, 0.25) is 0 Å². The van der Waals surface area contributed by atoms with Crippen molar-refractivity contribution >= 4 is 12.1 Å². The smallest absolute Gasteiger partial charge is 0.407 e. The summed E-state index contributed by atoms with van der Waals surface area (Å²) in [4.78, 5) is 25.9. The maximum Gasteiger partial charge on any atom is 0.407 e. The molecule has 1 heterocycles. The van der Waals surface area contributed by atoms with Gasteiger partial charge in [-0.25, -0.2) is 4.79 Å². The van der Waals surface area contributed by atoms with Crippen LogP contribution in [0, 0.1) is 5.41 Å². The molecule has 132 valence electrons. The topological polar surface area (TPSA) is 78.9 Å². The van der Waals surface area contributed by atoms with Crippen molar-refractivity contribution in [2.75, 3.05) is 19.6 Å². The average molecular weight is 334 g/mol. The van der Waals surface area contributed by atoms with E-state index in [2.05, 4.69) is 24.1 Å². The van der Waals surface area contributed by atoms with Crippen molar-refractivity contribution in [2.24, 2.45) is 5.41 Å². The Morgan fingerprint density at radius 3 is 2.42 bits per heavy atom. The van der Waals surface area contributed by atoms with Gasteiger partial charge in [0.1, 0.15) is 6.61 Å². The zero-order chi connectivity index (χ0) is 17.6. The van der Waals surface area contributed by atoms with Crippen LogP contribution in [-0.2, 0) is 16.1 Å². The second-order valence-corrected chi connectivity index (χ2v) is 6.63. The lowest BCUT2D eigenvalue weighted by molar-refractivity contribution is -0.152. The quantitative estimate of drug-likeness (QED) is 0.835. The molecule has 1 amide bonds. The molecule has 0 unspecified atom stereocenters. The lowest BCUT2D eigenvalue weighted by Gasteiger charge is -2.40. The molecule has 1 fully saturated rings. The predicted octanol–water partition coefficient (Wildman–Crippen LogP) is 2.49.